The van der Waals surface area contributed by atoms with Gasteiger partial charge in [0.05, 0.1) is 21.8 Å². The first-order chi connectivity index (χ1) is 9.24. The maximum Gasteiger partial charge on any atom is 0.0931 e. The second-order valence-electron chi connectivity index (χ2n) is 4.14. The van der Waals surface area contributed by atoms with Crippen LogP contribution in [0.4, 0.5) is 0 Å². The molecule has 2 heterocycles. The van der Waals surface area contributed by atoms with Crippen molar-refractivity contribution >= 4 is 22.9 Å². The summed E-state index contributed by atoms with van der Waals surface area (Å²) in [6.07, 6.45) is 1.92. The summed E-state index contributed by atoms with van der Waals surface area (Å²) < 4.78 is 2.57. The Hall–Kier alpha value is -1.62. The maximum absolute atomic E-state index is 6.20. The van der Waals surface area contributed by atoms with Crippen molar-refractivity contribution in [3.8, 4) is 5.69 Å². The molecule has 0 radical (unpaired) electrons. The van der Waals surface area contributed by atoms with E-state index in [0.29, 0.717) is 0 Å². The second-order valence-corrected chi connectivity index (χ2v) is 5.89. The van der Waals surface area contributed by atoms with Gasteiger partial charge in [0.15, 0.2) is 0 Å². The van der Waals surface area contributed by atoms with E-state index in [9.17, 15) is 0 Å². The monoisotopic (exact) mass is 289 g/mol. The van der Waals surface area contributed by atoms with E-state index >= 15 is 0 Å². The number of thiophene rings is 1. The van der Waals surface area contributed by atoms with Gasteiger partial charge in [-0.25, -0.2) is 4.68 Å². The molecule has 1 aromatic carbocycles. The van der Waals surface area contributed by atoms with E-state index in [1.54, 1.807) is 0 Å². The molecule has 0 amide bonds. The van der Waals surface area contributed by atoms with Crippen molar-refractivity contribution in [1.82, 2.24) is 9.78 Å². The molecule has 0 saturated carbocycles. The van der Waals surface area contributed by atoms with Crippen LogP contribution in [-0.4, -0.2) is 9.78 Å². The van der Waals surface area contributed by atoms with Crippen molar-refractivity contribution in [3.05, 3.63) is 69.6 Å². The lowest BCUT2D eigenvalue weighted by Crippen LogP contribution is -2.11. The molecule has 0 aliphatic rings. The van der Waals surface area contributed by atoms with Gasteiger partial charge in [-0.2, -0.15) is 5.10 Å². The summed E-state index contributed by atoms with van der Waals surface area (Å²) in [6.45, 7) is 0. The molecule has 0 fully saturated rings. The molecule has 3 rings (SSSR count). The highest BCUT2D eigenvalue weighted by Crippen LogP contribution is 2.28. The molecule has 1 atom stereocenters. The van der Waals surface area contributed by atoms with Gasteiger partial charge in [-0.3, -0.25) is 0 Å². The number of hydrogen-bond donors (Lipinski definition) is 1. The molecular formula is C14H12ClN3S. The molecule has 0 bridgehead atoms. The molecule has 0 aliphatic heterocycles. The molecule has 5 heteroatoms. The first-order valence-electron chi connectivity index (χ1n) is 5.86. The zero-order valence-corrected chi connectivity index (χ0v) is 11.6. The first-order valence-corrected chi connectivity index (χ1v) is 7.05. The molecule has 3 nitrogen and oxygen atoms in total. The van der Waals surface area contributed by atoms with E-state index in [-0.39, 0.29) is 6.04 Å². The van der Waals surface area contributed by atoms with Gasteiger partial charge < -0.3 is 5.73 Å². The Morgan fingerprint density at radius 1 is 1.11 bits per heavy atom. The number of benzene rings is 1. The highest BCUT2D eigenvalue weighted by atomic mass is 35.5. The van der Waals surface area contributed by atoms with Gasteiger partial charge in [0.1, 0.15) is 0 Å². The SMILES string of the molecule is NC(c1ccn(-c2ccccc2)n1)c1ccc(Cl)s1. The summed E-state index contributed by atoms with van der Waals surface area (Å²) in [7, 11) is 0. The molecule has 0 spiro atoms. The summed E-state index contributed by atoms with van der Waals surface area (Å²) in [5, 5.41) is 4.52. The first kappa shape index (κ1) is 12.4. The van der Waals surface area contributed by atoms with E-state index in [1.807, 2.05) is 59.4 Å². The zero-order valence-electron chi connectivity index (χ0n) is 10.0. The molecular weight excluding hydrogens is 278 g/mol. The van der Waals surface area contributed by atoms with Crippen LogP contribution in [0.2, 0.25) is 4.34 Å². The number of nitrogens with two attached hydrogens (primary N) is 1. The summed E-state index contributed by atoms with van der Waals surface area (Å²) in [4.78, 5) is 1.02. The van der Waals surface area contributed by atoms with E-state index in [4.69, 9.17) is 17.3 Å². The van der Waals surface area contributed by atoms with Gasteiger partial charge in [-0.1, -0.05) is 29.8 Å². The van der Waals surface area contributed by atoms with Crippen LogP contribution in [0.25, 0.3) is 5.69 Å². The Bertz CT molecular complexity index is 675. The van der Waals surface area contributed by atoms with Crippen LogP contribution in [0, 0.1) is 0 Å². The van der Waals surface area contributed by atoms with E-state index < -0.39 is 0 Å². The van der Waals surface area contributed by atoms with Crippen molar-refractivity contribution < 1.29 is 0 Å². The molecule has 2 aromatic heterocycles. The Morgan fingerprint density at radius 3 is 2.58 bits per heavy atom. The van der Waals surface area contributed by atoms with Crippen LogP contribution >= 0.6 is 22.9 Å². The predicted octanol–water partition coefficient (Wildman–Crippen LogP) is 3.64. The lowest BCUT2D eigenvalue weighted by atomic mass is 10.2. The number of nitrogens with zero attached hydrogens (tertiary/aromatic N) is 2. The Balaban J connectivity index is 1.89. The second kappa shape index (κ2) is 5.17. The van der Waals surface area contributed by atoms with Crippen molar-refractivity contribution in [3.63, 3.8) is 0 Å². The molecule has 96 valence electrons. The van der Waals surface area contributed by atoms with Crippen LogP contribution in [0.1, 0.15) is 16.6 Å². The highest BCUT2D eigenvalue weighted by Gasteiger charge is 2.14. The van der Waals surface area contributed by atoms with Crippen LogP contribution in [0.5, 0.6) is 0 Å². The summed E-state index contributed by atoms with van der Waals surface area (Å²) in [5.41, 5.74) is 8.05. The Kier molecular flexibility index (Phi) is 3.38. The maximum atomic E-state index is 6.20. The van der Waals surface area contributed by atoms with Crippen molar-refractivity contribution in [2.75, 3.05) is 0 Å². The van der Waals surface area contributed by atoms with Gasteiger partial charge in [0.25, 0.3) is 0 Å². The van der Waals surface area contributed by atoms with Crippen molar-refractivity contribution in [2.45, 2.75) is 6.04 Å². The third-order valence-electron chi connectivity index (χ3n) is 2.85. The van der Waals surface area contributed by atoms with Crippen LogP contribution < -0.4 is 5.73 Å². The molecule has 3 aromatic rings. The third-order valence-corrected chi connectivity index (χ3v) is 4.16. The number of rotatable bonds is 3. The van der Waals surface area contributed by atoms with E-state index in [1.165, 1.54) is 11.3 Å². The van der Waals surface area contributed by atoms with Crippen molar-refractivity contribution in [1.29, 1.82) is 0 Å². The molecule has 0 saturated heterocycles. The number of halogens is 1. The van der Waals surface area contributed by atoms with Gasteiger partial charge in [0, 0.05) is 11.1 Å². The van der Waals surface area contributed by atoms with E-state index in [2.05, 4.69) is 5.10 Å². The van der Waals surface area contributed by atoms with Gasteiger partial charge >= 0.3 is 0 Å². The van der Waals surface area contributed by atoms with Crippen molar-refractivity contribution in [2.24, 2.45) is 5.73 Å². The quantitative estimate of drug-likeness (QED) is 0.800. The van der Waals surface area contributed by atoms with Crippen LogP contribution in [0.15, 0.2) is 54.7 Å². The van der Waals surface area contributed by atoms with Gasteiger partial charge in [0.2, 0.25) is 0 Å². The highest BCUT2D eigenvalue weighted by molar-refractivity contribution is 7.16. The van der Waals surface area contributed by atoms with Gasteiger partial charge in [-0.15, -0.1) is 11.3 Å². The Morgan fingerprint density at radius 2 is 1.89 bits per heavy atom. The fourth-order valence-corrected chi connectivity index (χ4v) is 2.94. The largest absolute Gasteiger partial charge is 0.318 e. The number of aromatic nitrogens is 2. The van der Waals surface area contributed by atoms with Gasteiger partial charge in [-0.05, 0) is 30.3 Å². The normalized spacial score (nSPS) is 12.5. The Labute approximate surface area is 120 Å². The average molecular weight is 290 g/mol. The minimum Gasteiger partial charge on any atom is -0.318 e. The lowest BCUT2D eigenvalue weighted by Gasteiger charge is -2.05. The standard InChI is InChI=1S/C14H12ClN3S/c15-13-7-6-12(19-13)14(16)11-8-9-18(17-11)10-4-2-1-3-5-10/h1-9,14H,16H2. The third kappa shape index (κ3) is 2.56. The minimum absolute atomic E-state index is 0.234. The van der Waals surface area contributed by atoms with Crippen LogP contribution in [0.3, 0.4) is 0 Å². The zero-order chi connectivity index (χ0) is 13.2. The number of para-hydroxylation sites is 1. The average Bonchev–Trinajstić information content (AvgIpc) is 3.08. The molecule has 19 heavy (non-hydrogen) atoms. The smallest absolute Gasteiger partial charge is 0.0931 e. The molecule has 0 aliphatic carbocycles. The van der Waals surface area contributed by atoms with E-state index in [0.717, 1.165) is 20.6 Å². The minimum atomic E-state index is -0.234. The topological polar surface area (TPSA) is 43.8 Å². The summed E-state index contributed by atoms with van der Waals surface area (Å²) in [5.74, 6) is 0. The molecule has 2 N–H and O–H groups in total. The summed E-state index contributed by atoms with van der Waals surface area (Å²) >= 11 is 7.42. The molecule has 1 unspecified atom stereocenters. The lowest BCUT2D eigenvalue weighted by molar-refractivity contribution is 0.782. The fraction of sp³-hybridized carbons (Fsp3) is 0.0714. The fourth-order valence-electron chi connectivity index (χ4n) is 1.87. The number of hydrogen-bond acceptors (Lipinski definition) is 3. The summed E-state index contributed by atoms with van der Waals surface area (Å²) in [6, 6.07) is 15.5. The van der Waals surface area contributed by atoms with Crippen LogP contribution in [-0.2, 0) is 0 Å². The predicted molar refractivity (Wildman–Crippen MR) is 78.9 cm³/mol.